The molecule has 1 rings (SSSR count). The van der Waals surface area contributed by atoms with Crippen LogP contribution in [0, 0.1) is 0 Å². The van der Waals surface area contributed by atoms with Gasteiger partial charge >= 0.3 is 0 Å². The zero-order valence-electron chi connectivity index (χ0n) is 5.92. The fraction of sp³-hybridized carbons (Fsp3) is 0. The summed E-state index contributed by atoms with van der Waals surface area (Å²) in [5.41, 5.74) is 0. The molecule has 13 heavy (non-hydrogen) atoms. The molecule has 0 aliphatic carbocycles. The monoisotopic (exact) mass is 227 g/mol. The first-order valence-electron chi connectivity index (χ1n) is 2.80. The van der Waals surface area contributed by atoms with Crippen molar-refractivity contribution >= 4 is 22.2 Å². The Kier molecular flexibility index (Phi) is 2.71. The Hall–Kier alpha value is -0.900. The molecule has 7 nitrogen and oxygen atoms in total. The van der Waals surface area contributed by atoms with Crippen molar-refractivity contribution in [3.63, 3.8) is 0 Å². The Balaban J connectivity index is 3.47. The number of aromatic hydroxyl groups is 2. The number of H-pyrrole nitrogens is 1. The van der Waals surface area contributed by atoms with E-state index in [2.05, 4.69) is 0 Å². The third-order valence-electron chi connectivity index (χ3n) is 1.22. The second-order valence-electron chi connectivity index (χ2n) is 1.98. The van der Waals surface area contributed by atoms with Gasteiger partial charge in [-0.1, -0.05) is 0 Å². The summed E-state index contributed by atoms with van der Waals surface area (Å²) in [7, 11) is 0. The first-order valence-corrected chi connectivity index (χ1v) is 5.02. The molecule has 0 aliphatic rings. The molecule has 74 valence electrons. The summed E-state index contributed by atoms with van der Waals surface area (Å²) in [6, 6.07) is 0. The van der Waals surface area contributed by atoms with Gasteiger partial charge in [-0.25, -0.2) is 8.42 Å². The van der Waals surface area contributed by atoms with Crippen molar-refractivity contribution in [2.45, 2.75) is 9.79 Å². The van der Waals surface area contributed by atoms with Gasteiger partial charge in [-0.05, 0) is 0 Å². The third kappa shape index (κ3) is 1.72. The molecule has 1 aromatic rings. The van der Waals surface area contributed by atoms with E-state index in [-0.39, 0.29) is 0 Å². The van der Waals surface area contributed by atoms with Gasteiger partial charge < -0.3 is 19.3 Å². The summed E-state index contributed by atoms with van der Waals surface area (Å²) in [5, 5.41) is 17.8. The number of aromatic nitrogens is 1. The molecule has 2 atom stereocenters. The number of nitrogens with one attached hydrogen (secondary N) is 1. The van der Waals surface area contributed by atoms with Crippen molar-refractivity contribution in [1.82, 2.24) is 4.98 Å². The van der Waals surface area contributed by atoms with Crippen LogP contribution in [0.2, 0.25) is 0 Å². The minimum absolute atomic E-state index is 0.696. The van der Waals surface area contributed by atoms with Crippen LogP contribution in [0.5, 0.6) is 11.8 Å². The van der Waals surface area contributed by atoms with Crippen LogP contribution in [-0.2, 0) is 22.2 Å². The fourth-order valence-electron chi connectivity index (χ4n) is 0.765. The SMILES string of the molecule is O=S(O)c1c(O)[nH]c(O)c1S(=O)O. The van der Waals surface area contributed by atoms with Gasteiger partial charge in [0.25, 0.3) is 0 Å². The van der Waals surface area contributed by atoms with E-state index in [1.165, 1.54) is 0 Å². The standard InChI is InChI=1S/C4H5NO6S2/c6-3-1(12(8)9)2(13(10)11)4(7)5-3/h5-7H,(H,8,9)(H,10,11). The summed E-state index contributed by atoms with van der Waals surface area (Å²) >= 11 is -5.29. The quantitative estimate of drug-likeness (QED) is 0.436. The first-order chi connectivity index (χ1) is 5.95. The summed E-state index contributed by atoms with van der Waals surface area (Å²) in [6.07, 6.45) is 0. The van der Waals surface area contributed by atoms with Crippen molar-refractivity contribution in [2.24, 2.45) is 0 Å². The van der Waals surface area contributed by atoms with Crippen LogP contribution in [0.4, 0.5) is 0 Å². The number of hydrogen-bond donors (Lipinski definition) is 5. The highest BCUT2D eigenvalue weighted by Crippen LogP contribution is 2.33. The zero-order chi connectivity index (χ0) is 10.2. The molecule has 0 fully saturated rings. The molecule has 0 bridgehead atoms. The molecule has 0 radical (unpaired) electrons. The number of hydrogen-bond acceptors (Lipinski definition) is 4. The highest BCUT2D eigenvalue weighted by Gasteiger charge is 2.25. The zero-order valence-corrected chi connectivity index (χ0v) is 7.55. The van der Waals surface area contributed by atoms with Crippen LogP contribution in [0.15, 0.2) is 9.79 Å². The number of rotatable bonds is 2. The Morgan fingerprint density at radius 3 is 1.46 bits per heavy atom. The molecule has 0 spiro atoms. The largest absolute Gasteiger partial charge is 0.494 e. The molecule has 1 aromatic heterocycles. The fourth-order valence-corrected chi connectivity index (χ4v) is 2.14. The van der Waals surface area contributed by atoms with Crippen molar-refractivity contribution < 1.29 is 27.7 Å². The van der Waals surface area contributed by atoms with Gasteiger partial charge in [0.15, 0.2) is 32.0 Å². The van der Waals surface area contributed by atoms with E-state index in [9.17, 15) is 8.42 Å². The molecule has 9 heteroatoms. The molecule has 0 amide bonds. The Morgan fingerprint density at radius 1 is 0.923 bits per heavy atom. The van der Waals surface area contributed by atoms with E-state index in [1.807, 2.05) is 4.98 Å². The first kappa shape index (κ1) is 10.2. The van der Waals surface area contributed by atoms with E-state index >= 15 is 0 Å². The predicted octanol–water partition coefficient (Wildman–Crippen LogP) is -0.413. The maximum absolute atomic E-state index is 10.5. The molecule has 0 saturated carbocycles. The molecular weight excluding hydrogens is 222 g/mol. The molecule has 1 heterocycles. The summed E-state index contributed by atoms with van der Waals surface area (Å²) in [4.78, 5) is 0.452. The average molecular weight is 227 g/mol. The van der Waals surface area contributed by atoms with Gasteiger partial charge in [-0.3, -0.25) is 4.98 Å². The van der Waals surface area contributed by atoms with E-state index in [0.717, 1.165) is 0 Å². The van der Waals surface area contributed by atoms with Crippen LogP contribution in [0.3, 0.4) is 0 Å². The second kappa shape index (κ2) is 3.46. The summed E-state index contributed by atoms with van der Waals surface area (Å²) in [5.74, 6) is -1.62. The van der Waals surface area contributed by atoms with Crippen molar-refractivity contribution in [2.75, 3.05) is 0 Å². The summed E-state index contributed by atoms with van der Waals surface area (Å²) in [6.45, 7) is 0. The van der Waals surface area contributed by atoms with Crippen LogP contribution >= 0.6 is 0 Å². The van der Waals surface area contributed by atoms with Gasteiger partial charge in [0, 0.05) is 0 Å². The topological polar surface area (TPSA) is 131 Å². The van der Waals surface area contributed by atoms with Gasteiger partial charge in [0.1, 0.15) is 0 Å². The highest BCUT2D eigenvalue weighted by atomic mass is 32.2. The van der Waals surface area contributed by atoms with Crippen LogP contribution in [-0.4, -0.2) is 32.7 Å². The lowest BCUT2D eigenvalue weighted by Gasteiger charge is -1.94. The lowest BCUT2D eigenvalue weighted by atomic mass is 10.6. The smallest absolute Gasteiger partial charge is 0.211 e. The minimum Gasteiger partial charge on any atom is -0.494 e. The lowest BCUT2D eigenvalue weighted by molar-refractivity contribution is 0.417. The van der Waals surface area contributed by atoms with Gasteiger partial charge in [0.05, 0.1) is 0 Å². The van der Waals surface area contributed by atoms with E-state index in [4.69, 9.17) is 19.3 Å². The minimum atomic E-state index is -2.65. The Labute approximate surface area is 77.0 Å². The lowest BCUT2D eigenvalue weighted by Crippen LogP contribution is -1.95. The van der Waals surface area contributed by atoms with Crippen LogP contribution < -0.4 is 0 Å². The third-order valence-corrected chi connectivity index (χ3v) is 2.85. The molecule has 0 aliphatic heterocycles. The van der Waals surface area contributed by atoms with Crippen molar-refractivity contribution in [1.29, 1.82) is 0 Å². The summed E-state index contributed by atoms with van der Waals surface area (Å²) < 4.78 is 38.2. The number of aromatic amines is 1. The normalized spacial score (nSPS) is 15.5. The van der Waals surface area contributed by atoms with Gasteiger partial charge in [-0.15, -0.1) is 0 Å². The van der Waals surface area contributed by atoms with Crippen molar-refractivity contribution in [3.8, 4) is 11.8 Å². The van der Waals surface area contributed by atoms with Gasteiger partial charge in [0.2, 0.25) is 11.8 Å². The predicted molar refractivity (Wildman–Crippen MR) is 42.2 cm³/mol. The maximum atomic E-state index is 10.5. The highest BCUT2D eigenvalue weighted by molar-refractivity contribution is 7.82. The van der Waals surface area contributed by atoms with Gasteiger partial charge in [-0.2, -0.15) is 0 Å². The van der Waals surface area contributed by atoms with Crippen LogP contribution in [0.25, 0.3) is 0 Å². The van der Waals surface area contributed by atoms with E-state index in [1.54, 1.807) is 0 Å². The van der Waals surface area contributed by atoms with Crippen LogP contribution in [0.1, 0.15) is 0 Å². The van der Waals surface area contributed by atoms with E-state index < -0.39 is 43.7 Å². The Bertz CT molecular complexity index is 350. The second-order valence-corrected chi connectivity index (χ2v) is 3.79. The average Bonchev–Trinajstić information content (AvgIpc) is 2.24. The molecule has 0 saturated heterocycles. The van der Waals surface area contributed by atoms with Crippen molar-refractivity contribution in [3.05, 3.63) is 0 Å². The molecule has 5 N–H and O–H groups in total. The molecular formula is C4H5NO6S2. The molecule has 0 aromatic carbocycles. The Morgan fingerprint density at radius 2 is 1.23 bits per heavy atom. The maximum Gasteiger partial charge on any atom is 0.211 e. The molecule has 2 unspecified atom stereocenters. The van der Waals surface area contributed by atoms with E-state index in [0.29, 0.717) is 0 Å².